The Morgan fingerprint density at radius 1 is 1.15 bits per heavy atom. The first-order valence-electron chi connectivity index (χ1n) is 8.99. The number of sulfonamides is 1. The van der Waals surface area contributed by atoms with Gasteiger partial charge in [-0.05, 0) is 42.2 Å². The van der Waals surface area contributed by atoms with E-state index in [2.05, 4.69) is 4.72 Å². The van der Waals surface area contributed by atoms with Crippen LogP contribution in [0.25, 0.3) is 10.8 Å². The lowest BCUT2D eigenvalue weighted by atomic mass is 10.0. The van der Waals surface area contributed by atoms with E-state index >= 15 is 0 Å². The second kappa shape index (κ2) is 9.50. The largest absolute Gasteiger partial charge is 0.338 e. The van der Waals surface area contributed by atoms with Crippen LogP contribution in [0.1, 0.15) is 25.7 Å². The minimum absolute atomic E-state index is 0. The third kappa shape index (κ3) is 5.19. The number of fused-ring (bicyclic) bond motifs is 1. The van der Waals surface area contributed by atoms with Crippen LogP contribution < -0.4 is 10.5 Å². The SMILES string of the molecule is Cl.NCC1CCCCN1C(=O)CCNS(=O)(=O)c1ccc2ccccc2c1. The first-order valence-corrected chi connectivity index (χ1v) is 10.5. The third-order valence-corrected chi connectivity index (χ3v) is 6.34. The van der Waals surface area contributed by atoms with Gasteiger partial charge in [0.15, 0.2) is 0 Å². The van der Waals surface area contributed by atoms with Crippen LogP contribution in [0.3, 0.4) is 0 Å². The maximum Gasteiger partial charge on any atom is 0.240 e. The highest BCUT2D eigenvalue weighted by Gasteiger charge is 2.25. The van der Waals surface area contributed by atoms with E-state index in [-0.39, 0.29) is 42.2 Å². The van der Waals surface area contributed by atoms with E-state index in [0.29, 0.717) is 13.1 Å². The Balaban J connectivity index is 0.00000261. The van der Waals surface area contributed by atoms with E-state index in [9.17, 15) is 13.2 Å². The van der Waals surface area contributed by atoms with Gasteiger partial charge in [-0.15, -0.1) is 12.4 Å². The van der Waals surface area contributed by atoms with Crippen LogP contribution in [0.2, 0.25) is 0 Å². The molecule has 0 radical (unpaired) electrons. The van der Waals surface area contributed by atoms with E-state index in [4.69, 9.17) is 5.73 Å². The summed E-state index contributed by atoms with van der Waals surface area (Å²) < 4.78 is 27.5. The van der Waals surface area contributed by atoms with Crippen LogP contribution in [0.4, 0.5) is 0 Å². The number of nitrogens with one attached hydrogen (secondary N) is 1. The quantitative estimate of drug-likeness (QED) is 0.762. The summed E-state index contributed by atoms with van der Waals surface area (Å²) in [4.78, 5) is 14.4. The fourth-order valence-corrected chi connectivity index (χ4v) is 4.49. The molecule has 3 N–H and O–H groups in total. The average Bonchev–Trinajstić information content (AvgIpc) is 2.67. The standard InChI is InChI=1S/C19H25N3O3S.ClH/c20-14-17-7-3-4-12-22(17)19(23)10-11-21-26(24,25)18-9-8-15-5-1-2-6-16(15)13-18;/h1-2,5-6,8-9,13,17,21H,3-4,7,10-12,14,20H2;1H. The Kier molecular flexibility index (Phi) is 7.61. The van der Waals surface area contributed by atoms with Crippen molar-refractivity contribution < 1.29 is 13.2 Å². The summed E-state index contributed by atoms with van der Waals surface area (Å²) in [5.74, 6) is -0.0404. The molecule has 0 spiro atoms. The molecule has 1 aliphatic heterocycles. The van der Waals surface area contributed by atoms with Crippen molar-refractivity contribution in [1.82, 2.24) is 9.62 Å². The van der Waals surface area contributed by atoms with E-state index < -0.39 is 10.0 Å². The predicted molar refractivity (Wildman–Crippen MR) is 109 cm³/mol. The molecule has 1 unspecified atom stereocenters. The number of rotatable bonds is 6. The van der Waals surface area contributed by atoms with Crippen molar-refractivity contribution >= 4 is 39.1 Å². The molecule has 0 bridgehead atoms. The zero-order chi connectivity index (χ0) is 18.6. The molecular weight excluding hydrogens is 386 g/mol. The predicted octanol–water partition coefficient (Wildman–Crippen LogP) is 2.27. The summed E-state index contributed by atoms with van der Waals surface area (Å²) in [5.41, 5.74) is 5.75. The maximum atomic E-state index is 12.5. The Hall–Kier alpha value is -1.67. The topological polar surface area (TPSA) is 92.5 Å². The molecule has 0 aromatic heterocycles. The zero-order valence-corrected chi connectivity index (χ0v) is 16.8. The molecular formula is C19H26ClN3O3S. The number of piperidine rings is 1. The zero-order valence-electron chi connectivity index (χ0n) is 15.1. The minimum atomic E-state index is -3.64. The van der Waals surface area contributed by atoms with Crippen molar-refractivity contribution in [2.24, 2.45) is 5.73 Å². The van der Waals surface area contributed by atoms with Gasteiger partial charge in [0.2, 0.25) is 15.9 Å². The molecule has 1 aliphatic rings. The fourth-order valence-electron chi connectivity index (χ4n) is 3.43. The summed E-state index contributed by atoms with van der Waals surface area (Å²) in [6.45, 7) is 1.24. The highest BCUT2D eigenvalue weighted by molar-refractivity contribution is 7.89. The Morgan fingerprint density at radius 2 is 1.89 bits per heavy atom. The highest BCUT2D eigenvalue weighted by Crippen LogP contribution is 2.19. The van der Waals surface area contributed by atoms with Gasteiger partial charge in [0.25, 0.3) is 0 Å². The number of hydrogen-bond acceptors (Lipinski definition) is 4. The number of nitrogens with zero attached hydrogens (tertiary/aromatic N) is 1. The number of amides is 1. The monoisotopic (exact) mass is 411 g/mol. The summed E-state index contributed by atoms with van der Waals surface area (Å²) in [6.07, 6.45) is 3.12. The smallest absolute Gasteiger partial charge is 0.240 e. The average molecular weight is 412 g/mol. The molecule has 0 saturated carbocycles. The molecule has 1 saturated heterocycles. The Morgan fingerprint density at radius 3 is 2.63 bits per heavy atom. The van der Waals surface area contributed by atoms with Crippen LogP contribution in [-0.4, -0.2) is 44.9 Å². The first-order chi connectivity index (χ1) is 12.5. The van der Waals surface area contributed by atoms with E-state index in [1.165, 1.54) is 0 Å². The fraction of sp³-hybridized carbons (Fsp3) is 0.421. The minimum Gasteiger partial charge on any atom is -0.338 e. The molecule has 3 rings (SSSR count). The molecule has 1 heterocycles. The van der Waals surface area contributed by atoms with Gasteiger partial charge in [0, 0.05) is 32.1 Å². The van der Waals surface area contributed by atoms with Crippen LogP contribution in [0.5, 0.6) is 0 Å². The summed E-state index contributed by atoms with van der Waals surface area (Å²) in [6, 6.07) is 12.7. The highest BCUT2D eigenvalue weighted by atomic mass is 35.5. The first kappa shape index (κ1) is 21.6. The maximum absolute atomic E-state index is 12.5. The Labute approximate surface area is 166 Å². The van der Waals surface area contributed by atoms with Crippen molar-refractivity contribution in [2.75, 3.05) is 19.6 Å². The lowest BCUT2D eigenvalue weighted by Gasteiger charge is -2.35. The van der Waals surface area contributed by atoms with Crippen LogP contribution in [0.15, 0.2) is 47.4 Å². The summed E-state index contributed by atoms with van der Waals surface area (Å²) in [5, 5.41) is 1.85. The van der Waals surface area contributed by atoms with Crippen molar-refractivity contribution in [1.29, 1.82) is 0 Å². The Bertz CT molecular complexity index is 889. The van der Waals surface area contributed by atoms with Crippen molar-refractivity contribution in [3.8, 4) is 0 Å². The number of nitrogens with two attached hydrogens (primary N) is 1. The summed E-state index contributed by atoms with van der Waals surface area (Å²) >= 11 is 0. The van der Waals surface area contributed by atoms with Gasteiger partial charge >= 0.3 is 0 Å². The number of hydrogen-bond donors (Lipinski definition) is 2. The number of halogens is 1. The van der Waals surface area contributed by atoms with Crippen molar-refractivity contribution in [3.63, 3.8) is 0 Å². The number of carbonyl (C=O) groups excluding carboxylic acids is 1. The van der Waals surface area contributed by atoms with Crippen LogP contribution in [0, 0.1) is 0 Å². The molecule has 1 fully saturated rings. The normalized spacial score (nSPS) is 17.5. The van der Waals surface area contributed by atoms with E-state index in [0.717, 1.165) is 30.0 Å². The van der Waals surface area contributed by atoms with Gasteiger partial charge in [-0.2, -0.15) is 0 Å². The third-order valence-electron chi connectivity index (χ3n) is 4.88. The molecule has 27 heavy (non-hydrogen) atoms. The second-order valence-corrected chi connectivity index (χ2v) is 8.40. The van der Waals surface area contributed by atoms with Gasteiger partial charge in [-0.25, -0.2) is 13.1 Å². The lowest BCUT2D eigenvalue weighted by molar-refractivity contribution is -0.134. The lowest BCUT2D eigenvalue weighted by Crippen LogP contribution is -2.48. The molecule has 148 valence electrons. The molecule has 8 heteroatoms. The van der Waals surface area contributed by atoms with Crippen molar-refractivity contribution in [3.05, 3.63) is 42.5 Å². The number of carbonyl (C=O) groups is 1. The van der Waals surface area contributed by atoms with Gasteiger partial charge in [-0.3, -0.25) is 4.79 Å². The van der Waals surface area contributed by atoms with Gasteiger partial charge in [0.1, 0.15) is 0 Å². The molecule has 2 aromatic carbocycles. The number of benzene rings is 2. The number of likely N-dealkylation sites (tertiary alicyclic amines) is 1. The molecule has 2 aromatic rings. The molecule has 6 nitrogen and oxygen atoms in total. The summed E-state index contributed by atoms with van der Waals surface area (Å²) in [7, 11) is -3.64. The van der Waals surface area contributed by atoms with Crippen LogP contribution >= 0.6 is 12.4 Å². The molecule has 1 amide bonds. The molecule has 0 aliphatic carbocycles. The van der Waals surface area contributed by atoms with Gasteiger partial charge in [-0.1, -0.05) is 30.3 Å². The van der Waals surface area contributed by atoms with E-state index in [1.54, 1.807) is 23.1 Å². The van der Waals surface area contributed by atoms with Gasteiger partial charge in [0.05, 0.1) is 4.90 Å². The van der Waals surface area contributed by atoms with E-state index in [1.807, 2.05) is 24.3 Å². The molecule has 1 atom stereocenters. The van der Waals surface area contributed by atoms with Gasteiger partial charge < -0.3 is 10.6 Å². The van der Waals surface area contributed by atoms with Crippen molar-refractivity contribution in [2.45, 2.75) is 36.6 Å². The second-order valence-electron chi connectivity index (χ2n) is 6.63. The van der Waals surface area contributed by atoms with Crippen LogP contribution in [-0.2, 0) is 14.8 Å².